The molecule has 1 aliphatic rings. The van der Waals surface area contributed by atoms with Gasteiger partial charge in [-0.1, -0.05) is 13.8 Å². The van der Waals surface area contributed by atoms with Crippen LogP contribution >= 0.6 is 0 Å². The minimum atomic E-state index is -2.93. The summed E-state index contributed by atoms with van der Waals surface area (Å²) in [6.07, 6.45) is 2.03. The molecule has 0 heterocycles. The van der Waals surface area contributed by atoms with Crippen LogP contribution in [0.25, 0.3) is 0 Å². The quantitative estimate of drug-likeness (QED) is 0.772. The third kappa shape index (κ3) is 4.08. The summed E-state index contributed by atoms with van der Waals surface area (Å²) in [5.74, 6) is 0.327. The molecule has 0 N–H and O–H groups in total. The van der Waals surface area contributed by atoms with Gasteiger partial charge in [0.25, 0.3) is 5.91 Å². The Kier molecular flexibility index (Phi) is 5.21. The number of alkyl halides is 2. The highest BCUT2D eigenvalue weighted by Crippen LogP contribution is 2.32. The number of ether oxygens (including phenoxy) is 2. The van der Waals surface area contributed by atoms with Crippen LogP contribution in [-0.4, -0.2) is 37.1 Å². The first kappa shape index (κ1) is 16.5. The molecule has 6 heteroatoms. The van der Waals surface area contributed by atoms with E-state index >= 15 is 0 Å². The van der Waals surface area contributed by atoms with Crippen molar-refractivity contribution in [3.05, 3.63) is 23.8 Å². The van der Waals surface area contributed by atoms with Crippen molar-refractivity contribution in [2.24, 2.45) is 5.92 Å². The molecule has 0 atom stereocenters. The summed E-state index contributed by atoms with van der Waals surface area (Å²) in [6, 6.07) is 4.59. The SMILES string of the molecule is COc1cc(C(=O)N(CC(C)C)C2CC2)ccc1OC(F)F. The number of hydrogen-bond donors (Lipinski definition) is 0. The van der Waals surface area contributed by atoms with Crippen LogP contribution in [0, 0.1) is 5.92 Å². The summed E-state index contributed by atoms with van der Waals surface area (Å²) < 4.78 is 34.1. The van der Waals surface area contributed by atoms with E-state index in [2.05, 4.69) is 18.6 Å². The molecule has 1 aromatic rings. The Morgan fingerprint density at radius 3 is 2.50 bits per heavy atom. The monoisotopic (exact) mass is 313 g/mol. The van der Waals surface area contributed by atoms with Crippen molar-refractivity contribution in [1.29, 1.82) is 0 Å². The summed E-state index contributed by atoms with van der Waals surface area (Å²) in [6.45, 7) is 1.87. The highest BCUT2D eigenvalue weighted by atomic mass is 19.3. The Bertz CT molecular complexity index is 530. The summed E-state index contributed by atoms with van der Waals surface area (Å²) in [5.41, 5.74) is 0.422. The van der Waals surface area contributed by atoms with Gasteiger partial charge in [-0.25, -0.2) is 0 Å². The topological polar surface area (TPSA) is 38.8 Å². The molecule has 1 aliphatic carbocycles. The summed E-state index contributed by atoms with van der Waals surface area (Å²) in [5, 5.41) is 0. The maximum atomic E-state index is 12.6. The van der Waals surface area contributed by atoms with Gasteiger partial charge in [-0.15, -0.1) is 0 Å². The van der Waals surface area contributed by atoms with Crippen LogP contribution in [-0.2, 0) is 0 Å². The van der Waals surface area contributed by atoms with Gasteiger partial charge in [0.2, 0.25) is 0 Å². The third-order valence-corrected chi connectivity index (χ3v) is 3.44. The van der Waals surface area contributed by atoms with Crippen LogP contribution in [0.3, 0.4) is 0 Å². The zero-order valence-electron chi connectivity index (χ0n) is 13.0. The number of carbonyl (C=O) groups is 1. The molecule has 0 radical (unpaired) electrons. The molecule has 0 spiro atoms. The molecule has 4 nitrogen and oxygen atoms in total. The lowest BCUT2D eigenvalue weighted by molar-refractivity contribution is -0.0512. The predicted octanol–water partition coefficient (Wildman–Crippen LogP) is 3.56. The van der Waals surface area contributed by atoms with Crippen molar-refractivity contribution in [3.8, 4) is 11.5 Å². The molecular formula is C16H21F2NO3. The molecule has 122 valence electrons. The van der Waals surface area contributed by atoms with Crippen molar-refractivity contribution >= 4 is 5.91 Å². The minimum Gasteiger partial charge on any atom is -0.493 e. The highest BCUT2D eigenvalue weighted by molar-refractivity contribution is 5.95. The second-order valence-electron chi connectivity index (χ2n) is 5.83. The lowest BCUT2D eigenvalue weighted by Gasteiger charge is -2.25. The van der Waals surface area contributed by atoms with E-state index in [1.54, 1.807) is 0 Å². The Morgan fingerprint density at radius 1 is 1.32 bits per heavy atom. The molecule has 22 heavy (non-hydrogen) atoms. The average Bonchev–Trinajstić information content (AvgIpc) is 3.28. The van der Waals surface area contributed by atoms with Crippen LogP contribution in [0.5, 0.6) is 11.5 Å². The highest BCUT2D eigenvalue weighted by Gasteiger charge is 2.33. The summed E-state index contributed by atoms with van der Waals surface area (Å²) in [4.78, 5) is 14.5. The number of nitrogens with zero attached hydrogens (tertiary/aromatic N) is 1. The molecule has 2 rings (SSSR count). The number of halogens is 2. The number of methoxy groups -OCH3 is 1. The van der Waals surface area contributed by atoms with E-state index in [1.807, 2.05) is 4.90 Å². The van der Waals surface area contributed by atoms with Crippen molar-refractivity contribution < 1.29 is 23.0 Å². The van der Waals surface area contributed by atoms with Crippen LogP contribution < -0.4 is 9.47 Å². The number of benzene rings is 1. The molecule has 0 aliphatic heterocycles. The van der Waals surface area contributed by atoms with Gasteiger partial charge < -0.3 is 14.4 Å². The fraction of sp³-hybridized carbons (Fsp3) is 0.562. The molecule has 1 amide bonds. The van der Waals surface area contributed by atoms with Gasteiger partial charge in [0.15, 0.2) is 11.5 Å². The maximum absolute atomic E-state index is 12.6. The molecule has 0 bridgehead atoms. The molecule has 0 unspecified atom stereocenters. The zero-order chi connectivity index (χ0) is 16.3. The van der Waals surface area contributed by atoms with Crippen LogP contribution in [0.15, 0.2) is 18.2 Å². The van der Waals surface area contributed by atoms with Crippen LogP contribution in [0.2, 0.25) is 0 Å². The van der Waals surface area contributed by atoms with Gasteiger partial charge in [-0.3, -0.25) is 4.79 Å². The summed E-state index contributed by atoms with van der Waals surface area (Å²) >= 11 is 0. The number of hydrogen-bond acceptors (Lipinski definition) is 3. The second kappa shape index (κ2) is 6.94. The van der Waals surface area contributed by atoms with Crippen LogP contribution in [0.1, 0.15) is 37.0 Å². The number of amides is 1. The van der Waals surface area contributed by atoms with Gasteiger partial charge in [0.1, 0.15) is 0 Å². The van der Waals surface area contributed by atoms with Gasteiger partial charge in [-0.2, -0.15) is 8.78 Å². The standard InChI is InChI=1S/C16H21F2NO3/c1-10(2)9-19(12-5-6-12)15(20)11-4-7-13(22-16(17)18)14(8-11)21-3/h4,7-8,10,12,16H,5-6,9H2,1-3H3. The Balaban J connectivity index is 2.21. The predicted molar refractivity (Wildman–Crippen MR) is 78.5 cm³/mol. The molecular weight excluding hydrogens is 292 g/mol. The number of rotatable bonds is 7. The third-order valence-electron chi connectivity index (χ3n) is 3.44. The normalized spacial score (nSPS) is 14.3. The van der Waals surface area contributed by atoms with E-state index in [1.165, 1.54) is 25.3 Å². The maximum Gasteiger partial charge on any atom is 0.387 e. The first-order valence-corrected chi connectivity index (χ1v) is 7.36. The van der Waals surface area contributed by atoms with Crippen LogP contribution in [0.4, 0.5) is 8.78 Å². The van der Waals surface area contributed by atoms with Crippen molar-refractivity contribution in [2.75, 3.05) is 13.7 Å². The van der Waals surface area contributed by atoms with Gasteiger partial charge in [-0.05, 0) is 37.0 Å². The van der Waals surface area contributed by atoms with Gasteiger partial charge in [0, 0.05) is 18.2 Å². The second-order valence-corrected chi connectivity index (χ2v) is 5.83. The summed E-state index contributed by atoms with van der Waals surface area (Å²) in [7, 11) is 1.36. The van der Waals surface area contributed by atoms with E-state index < -0.39 is 6.61 Å². The fourth-order valence-corrected chi connectivity index (χ4v) is 2.34. The van der Waals surface area contributed by atoms with Crippen molar-refractivity contribution in [3.63, 3.8) is 0 Å². The Hall–Kier alpha value is -1.85. The fourth-order valence-electron chi connectivity index (χ4n) is 2.34. The first-order valence-electron chi connectivity index (χ1n) is 7.36. The Labute approximate surface area is 129 Å². The van der Waals surface area contributed by atoms with E-state index in [0.29, 0.717) is 18.0 Å². The minimum absolute atomic E-state index is 0.0733. The number of carbonyl (C=O) groups excluding carboxylic acids is 1. The molecule has 1 aromatic carbocycles. The molecule has 1 saturated carbocycles. The zero-order valence-corrected chi connectivity index (χ0v) is 13.0. The Morgan fingerprint density at radius 2 is 2.00 bits per heavy atom. The smallest absolute Gasteiger partial charge is 0.387 e. The molecule has 0 aromatic heterocycles. The molecule has 0 saturated heterocycles. The molecule has 1 fully saturated rings. The lowest BCUT2D eigenvalue weighted by atomic mass is 10.1. The van der Waals surface area contributed by atoms with E-state index in [0.717, 1.165) is 12.8 Å². The van der Waals surface area contributed by atoms with Crippen molar-refractivity contribution in [1.82, 2.24) is 4.90 Å². The largest absolute Gasteiger partial charge is 0.493 e. The van der Waals surface area contributed by atoms with Gasteiger partial charge in [0.05, 0.1) is 7.11 Å². The first-order chi connectivity index (χ1) is 10.4. The lowest BCUT2D eigenvalue weighted by Crippen LogP contribution is -2.36. The van der Waals surface area contributed by atoms with E-state index in [4.69, 9.17) is 4.74 Å². The van der Waals surface area contributed by atoms with E-state index in [-0.39, 0.29) is 23.4 Å². The average molecular weight is 313 g/mol. The van der Waals surface area contributed by atoms with Crippen molar-refractivity contribution in [2.45, 2.75) is 39.3 Å². The van der Waals surface area contributed by atoms with E-state index in [9.17, 15) is 13.6 Å². The van der Waals surface area contributed by atoms with Gasteiger partial charge >= 0.3 is 6.61 Å².